The summed E-state index contributed by atoms with van der Waals surface area (Å²) in [6.07, 6.45) is 1.36. The first-order chi connectivity index (χ1) is 16.9. The Morgan fingerprint density at radius 1 is 1.06 bits per heavy atom. The van der Waals surface area contributed by atoms with Crippen LogP contribution in [-0.2, 0) is 19.1 Å². The quantitative estimate of drug-likeness (QED) is 0.633. The number of nitrogens with one attached hydrogen (secondary N) is 1. The second kappa shape index (κ2) is 9.34. The van der Waals surface area contributed by atoms with Gasteiger partial charge < -0.3 is 24.8 Å². The molecule has 35 heavy (non-hydrogen) atoms. The van der Waals surface area contributed by atoms with Gasteiger partial charge in [-0.25, -0.2) is 4.79 Å². The van der Waals surface area contributed by atoms with E-state index in [2.05, 4.69) is 29.6 Å². The second-order valence-corrected chi connectivity index (χ2v) is 9.76. The maximum absolute atomic E-state index is 13.1. The lowest BCUT2D eigenvalue weighted by atomic mass is 9.90. The van der Waals surface area contributed by atoms with Crippen molar-refractivity contribution >= 4 is 18.0 Å². The van der Waals surface area contributed by atoms with Crippen molar-refractivity contribution in [3.05, 3.63) is 59.7 Å². The number of ether oxygens (including phenoxy) is 2. The summed E-state index contributed by atoms with van der Waals surface area (Å²) in [6.45, 7) is 1.16. The monoisotopic (exact) mass is 478 g/mol. The third kappa shape index (κ3) is 4.38. The number of likely N-dealkylation sites (tertiary alicyclic amines) is 1. The zero-order valence-corrected chi connectivity index (χ0v) is 19.7. The molecule has 0 bridgehead atoms. The fraction of sp³-hybridized carbons (Fsp3) is 0.444. The molecule has 2 atom stereocenters. The van der Waals surface area contributed by atoms with Crippen LogP contribution in [0.5, 0.6) is 0 Å². The maximum Gasteiger partial charge on any atom is 0.407 e. The van der Waals surface area contributed by atoms with E-state index in [1.54, 1.807) is 4.90 Å². The molecule has 2 N–H and O–H groups in total. The second-order valence-electron chi connectivity index (χ2n) is 9.76. The molecule has 2 aromatic carbocycles. The van der Waals surface area contributed by atoms with Crippen LogP contribution in [0.25, 0.3) is 11.1 Å². The number of amides is 2. The number of nitrogens with zero attached hydrogens (tertiary/aromatic N) is 1. The Bertz CT molecular complexity index is 1090. The summed E-state index contributed by atoms with van der Waals surface area (Å²) in [5, 5.41) is 12.0. The van der Waals surface area contributed by atoms with Crippen LogP contribution < -0.4 is 5.32 Å². The molecule has 2 aliphatic carbocycles. The molecule has 1 heterocycles. The van der Waals surface area contributed by atoms with Gasteiger partial charge in [0.1, 0.15) is 12.6 Å². The summed E-state index contributed by atoms with van der Waals surface area (Å²) in [5.74, 6) is -1.35. The van der Waals surface area contributed by atoms with E-state index in [4.69, 9.17) is 9.47 Å². The zero-order valence-electron chi connectivity index (χ0n) is 19.7. The Hall–Kier alpha value is -3.39. The average Bonchev–Trinajstić information content (AvgIpc) is 3.48. The van der Waals surface area contributed by atoms with E-state index in [9.17, 15) is 19.5 Å². The number of carboxylic acids is 1. The summed E-state index contributed by atoms with van der Waals surface area (Å²) in [7, 11) is 1.48. The van der Waals surface area contributed by atoms with Gasteiger partial charge in [0, 0.05) is 26.1 Å². The van der Waals surface area contributed by atoms with Gasteiger partial charge in [-0.05, 0) is 46.9 Å². The lowest BCUT2D eigenvalue weighted by Gasteiger charge is -2.34. The van der Waals surface area contributed by atoms with E-state index < -0.39 is 18.1 Å². The van der Waals surface area contributed by atoms with Crippen molar-refractivity contribution in [3.8, 4) is 11.1 Å². The van der Waals surface area contributed by atoms with E-state index in [0.717, 1.165) is 22.3 Å². The number of benzene rings is 2. The Kier molecular flexibility index (Phi) is 6.23. The number of piperidine rings is 1. The predicted octanol–water partition coefficient (Wildman–Crippen LogP) is 3.25. The summed E-state index contributed by atoms with van der Waals surface area (Å²) in [5.41, 5.74) is 4.36. The van der Waals surface area contributed by atoms with Gasteiger partial charge in [0.05, 0.1) is 12.5 Å². The maximum atomic E-state index is 13.1. The Labute approximate surface area is 204 Å². The SMILES string of the molecule is COC[C@H](NC(=O)OCC1c2ccccc2-c2ccccc21)C(=O)N1CCC2(CC1)CC2C(=O)O. The molecule has 0 radical (unpaired) electrons. The number of carboxylic acid groups (broad SMARTS) is 1. The number of carbonyl (C=O) groups excluding carboxylic acids is 2. The highest BCUT2D eigenvalue weighted by Crippen LogP contribution is 2.59. The van der Waals surface area contributed by atoms with Crippen LogP contribution in [0.3, 0.4) is 0 Å². The van der Waals surface area contributed by atoms with Crippen molar-refractivity contribution in [1.82, 2.24) is 10.2 Å². The van der Waals surface area contributed by atoms with E-state index in [1.165, 1.54) is 7.11 Å². The summed E-state index contributed by atoms with van der Waals surface area (Å²) < 4.78 is 10.8. The molecule has 8 nitrogen and oxygen atoms in total. The van der Waals surface area contributed by atoms with Crippen LogP contribution in [0.2, 0.25) is 0 Å². The fourth-order valence-electron chi connectivity index (χ4n) is 5.77. The van der Waals surface area contributed by atoms with E-state index in [0.29, 0.717) is 32.4 Å². The van der Waals surface area contributed by atoms with Crippen LogP contribution in [-0.4, -0.2) is 67.4 Å². The highest BCUT2D eigenvalue weighted by molar-refractivity contribution is 5.86. The fourth-order valence-corrected chi connectivity index (χ4v) is 5.77. The van der Waals surface area contributed by atoms with Crippen LogP contribution in [0.1, 0.15) is 36.3 Å². The number of hydrogen-bond donors (Lipinski definition) is 2. The number of alkyl carbamates (subject to hydrolysis) is 1. The van der Waals surface area contributed by atoms with Gasteiger partial charge >= 0.3 is 12.1 Å². The van der Waals surface area contributed by atoms with E-state index in [1.807, 2.05) is 24.3 Å². The molecule has 1 unspecified atom stereocenters. The summed E-state index contributed by atoms with van der Waals surface area (Å²) in [6, 6.07) is 15.4. The number of aliphatic carboxylic acids is 1. The molecule has 1 saturated carbocycles. The lowest BCUT2D eigenvalue weighted by molar-refractivity contribution is -0.140. The molecular formula is C27H30N2O6. The first kappa shape index (κ1) is 23.4. The summed E-state index contributed by atoms with van der Waals surface area (Å²) >= 11 is 0. The summed E-state index contributed by atoms with van der Waals surface area (Å²) in [4.78, 5) is 38.8. The standard InChI is InChI=1S/C27H30N2O6/c1-34-16-23(24(30)29-12-10-27(11-13-29)14-22(27)25(31)32)28-26(33)35-15-21-19-8-4-2-6-17(19)18-7-3-5-9-20(18)21/h2-9,21-23H,10-16H2,1H3,(H,28,33)(H,31,32)/t22?,23-/m0/s1. The first-order valence-electron chi connectivity index (χ1n) is 12.1. The Morgan fingerprint density at radius 2 is 1.66 bits per heavy atom. The normalized spacial score (nSPS) is 20.6. The topological polar surface area (TPSA) is 105 Å². The average molecular weight is 479 g/mol. The molecule has 2 aromatic rings. The molecular weight excluding hydrogens is 448 g/mol. The van der Waals surface area contributed by atoms with Gasteiger partial charge in [0.2, 0.25) is 5.91 Å². The smallest absolute Gasteiger partial charge is 0.407 e. The molecule has 1 saturated heterocycles. The molecule has 3 aliphatic rings. The number of fused-ring (bicyclic) bond motifs is 3. The van der Waals surface area contributed by atoms with Crippen LogP contribution in [0, 0.1) is 11.3 Å². The number of methoxy groups -OCH3 is 1. The van der Waals surface area contributed by atoms with Crippen molar-refractivity contribution in [2.24, 2.45) is 11.3 Å². The van der Waals surface area contributed by atoms with Gasteiger partial charge in [-0.1, -0.05) is 48.5 Å². The van der Waals surface area contributed by atoms with Crippen LogP contribution in [0.15, 0.2) is 48.5 Å². The molecule has 8 heteroatoms. The zero-order chi connectivity index (χ0) is 24.6. The molecule has 184 valence electrons. The Balaban J connectivity index is 1.19. The van der Waals surface area contributed by atoms with Gasteiger partial charge in [-0.3, -0.25) is 9.59 Å². The Morgan fingerprint density at radius 3 is 2.20 bits per heavy atom. The largest absolute Gasteiger partial charge is 0.481 e. The van der Waals surface area contributed by atoms with Gasteiger partial charge in [0.25, 0.3) is 0 Å². The van der Waals surface area contributed by atoms with Crippen molar-refractivity contribution in [3.63, 3.8) is 0 Å². The minimum atomic E-state index is -0.862. The van der Waals surface area contributed by atoms with Crippen LogP contribution in [0.4, 0.5) is 4.79 Å². The minimum Gasteiger partial charge on any atom is -0.481 e. The van der Waals surface area contributed by atoms with Gasteiger partial charge in [-0.15, -0.1) is 0 Å². The third-order valence-corrected chi connectivity index (χ3v) is 7.83. The van der Waals surface area contributed by atoms with Crippen LogP contribution >= 0.6 is 0 Å². The highest BCUT2D eigenvalue weighted by atomic mass is 16.5. The number of hydrogen-bond acceptors (Lipinski definition) is 5. The third-order valence-electron chi connectivity index (χ3n) is 7.83. The number of carbonyl (C=O) groups is 3. The minimum absolute atomic E-state index is 0.0302. The lowest BCUT2D eigenvalue weighted by Crippen LogP contribution is -2.53. The van der Waals surface area contributed by atoms with Crippen molar-refractivity contribution in [2.45, 2.75) is 31.2 Å². The molecule has 5 rings (SSSR count). The van der Waals surface area contributed by atoms with Gasteiger partial charge in [-0.2, -0.15) is 0 Å². The van der Waals surface area contributed by atoms with Crippen molar-refractivity contribution in [2.75, 3.05) is 33.4 Å². The van der Waals surface area contributed by atoms with Gasteiger partial charge in [0.15, 0.2) is 0 Å². The molecule has 1 aliphatic heterocycles. The molecule has 2 fully saturated rings. The van der Waals surface area contributed by atoms with Crippen molar-refractivity contribution < 1.29 is 29.0 Å². The number of rotatable bonds is 7. The first-order valence-corrected chi connectivity index (χ1v) is 12.1. The molecule has 0 aromatic heterocycles. The van der Waals surface area contributed by atoms with E-state index in [-0.39, 0.29) is 36.4 Å². The highest BCUT2D eigenvalue weighted by Gasteiger charge is 2.59. The predicted molar refractivity (Wildman–Crippen MR) is 128 cm³/mol. The molecule has 1 spiro atoms. The van der Waals surface area contributed by atoms with E-state index >= 15 is 0 Å². The van der Waals surface area contributed by atoms with Crippen molar-refractivity contribution in [1.29, 1.82) is 0 Å². The molecule has 2 amide bonds.